The molecule has 38 heavy (non-hydrogen) atoms. The van der Waals surface area contributed by atoms with Crippen LogP contribution in [0.15, 0.2) is 54.6 Å². The molecule has 1 aliphatic rings. The van der Waals surface area contributed by atoms with E-state index in [1.165, 1.54) is 36.1 Å². The van der Waals surface area contributed by atoms with Gasteiger partial charge in [0.1, 0.15) is 23.1 Å². The van der Waals surface area contributed by atoms with Crippen LogP contribution in [0, 0.1) is 5.82 Å². The van der Waals surface area contributed by atoms with E-state index in [0.717, 1.165) is 11.1 Å². The maximum absolute atomic E-state index is 13.3. The average Bonchev–Trinajstić information content (AvgIpc) is 3.59. The van der Waals surface area contributed by atoms with E-state index in [1.54, 1.807) is 42.2 Å². The van der Waals surface area contributed by atoms with Gasteiger partial charge in [-0.25, -0.2) is 14.1 Å². The van der Waals surface area contributed by atoms with Crippen molar-refractivity contribution in [1.82, 2.24) is 30.1 Å². The van der Waals surface area contributed by atoms with Gasteiger partial charge in [-0.05, 0) is 77.0 Å². The number of aliphatic hydroxyl groups excluding tert-OH is 1. The van der Waals surface area contributed by atoms with Gasteiger partial charge >= 0.3 is 0 Å². The fourth-order valence-corrected chi connectivity index (χ4v) is 4.24. The van der Waals surface area contributed by atoms with E-state index in [1.807, 2.05) is 0 Å². The molecule has 4 aromatic rings. The van der Waals surface area contributed by atoms with Gasteiger partial charge in [-0.3, -0.25) is 9.59 Å². The molecule has 11 nitrogen and oxygen atoms in total. The number of methoxy groups -OCH3 is 1. The van der Waals surface area contributed by atoms with Crippen molar-refractivity contribution in [3.05, 3.63) is 82.7 Å². The van der Waals surface area contributed by atoms with Crippen molar-refractivity contribution in [1.29, 1.82) is 0 Å². The molecule has 0 fully saturated rings. The number of aromatic nitrogens is 5. The van der Waals surface area contributed by atoms with E-state index in [9.17, 15) is 19.1 Å². The number of pyridine rings is 1. The molecular weight excluding hydrogens is 493 g/mol. The number of hydrogen-bond acceptors (Lipinski definition) is 8. The summed E-state index contributed by atoms with van der Waals surface area (Å²) in [6.07, 6.45) is 0. The quantitative estimate of drug-likeness (QED) is 0.382. The monoisotopic (exact) mass is 517 g/mol. The maximum Gasteiger partial charge on any atom is 0.260 e. The molecular formula is C26H24FN7O4. The molecule has 3 heterocycles. The molecule has 2 N–H and O–H groups in total. The first kappa shape index (κ1) is 25.0. The Morgan fingerprint density at radius 3 is 2.58 bits per heavy atom. The summed E-state index contributed by atoms with van der Waals surface area (Å²) in [5, 5.41) is 23.8. The third-order valence-corrected chi connectivity index (χ3v) is 6.26. The van der Waals surface area contributed by atoms with Crippen molar-refractivity contribution < 1.29 is 23.8 Å². The lowest BCUT2D eigenvalue weighted by atomic mass is 10.0. The largest absolute Gasteiger partial charge is 0.496 e. The lowest BCUT2D eigenvalue weighted by Crippen LogP contribution is -2.25. The van der Waals surface area contributed by atoms with Crippen LogP contribution in [-0.4, -0.2) is 60.7 Å². The summed E-state index contributed by atoms with van der Waals surface area (Å²) in [5.41, 5.74) is 2.76. The van der Waals surface area contributed by atoms with E-state index in [4.69, 9.17) is 4.74 Å². The van der Waals surface area contributed by atoms with Crippen LogP contribution in [0.3, 0.4) is 0 Å². The van der Waals surface area contributed by atoms with Crippen LogP contribution in [0.25, 0.3) is 11.5 Å². The summed E-state index contributed by atoms with van der Waals surface area (Å²) in [6, 6.07) is 13.5. The Hall–Kier alpha value is -4.71. The Morgan fingerprint density at radius 1 is 1.13 bits per heavy atom. The Kier molecular flexibility index (Phi) is 6.79. The summed E-state index contributed by atoms with van der Waals surface area (Å²) in [4.78, 5) is 32.3. The molecule has 0 aliphatic carbocycles. The number of aliphatic hydroxyl groups is 1. The predicted molar refractivity (Wildman–Crippen MR) is 134 cm³/mol. The van der Waals surface area contributed by atoms with E-state index in [2.05, 4.69) is 25.8 Å². The van der Waals surface area contributed by atoms with Crippen LogP contribution in [-0.2, 0) is 13.1 Å². The lowest BCUT2D eigenvalue weighted by molar-refractivity contribution is 0.0751. The average molecular weight is 518 g/mol. The number of nitrogens with zero attached hydrogens (tertiary/aromatic N) is 6. The molecule has 194 valence electrons. The van der Waals surface area contributed by atoms with Crippen molar-refractivity contribution >= 4 is 17.6 Å². The second-order valence-electron chi connectivity index (χ2n) is 8.83. The molecule has 1 aliphatic heterocycles. The number of tetrazole rings is 1. The number of halogens is 1. The predicted octanol–water partition coefficient (Wildman–Crippen LogP) is 2.84. The molecule has 1 atom stereocenters. The van der Waals surface area contributed by atoms with Crippen molar-refractivity contribution in [2.45, 2.75) is 26.1 Å². The molecule has 0 saturated heterocycles. The Labute approximate surface area is 216 Å². The summed E-state index contributed by atoms with van der Waals surface area (Å²) in [5.74, 6) is -0.108. The normalized spacial score (nSPS) is 13.2. The van der Waals surface area contributed by atoms with Crippen molar-refractivity contribution in [3.63, 3.8) is 0 Å². The Morgan fingerprint density at radius 2 is 1.87 bits per heavy atom. The van der Waals surface area contributed by atoms with Crippen LogP contribution < -0.4 is 10.1 Å². The smallest absolute Gasteiger partial charge is 0.260 e. The first-order valence-electron chi connectivity index (χ1n) is 11.8. The van der Waals surface area contributed by atoms with E-state index in [0.29, 0.717) is 35.9 Å². The summed E-state index contributed by atoms with van der Waals surface area (Å²) in [6.45, 7) is 2.25. The number of benzene rings is 2. The molecule has 2 aromatic carbocycles. The minimum absolute atomic E-state index is 0.153. The lowest BCUT2D eigenvalue weighted by Gasteiger charge is -2.15. The highest BCUT2D eigenvalue weighted by Crippen LogP contribution is 2.32. The number of fused-ring (bicyclic) bond motifs is 1. The van der Waals surface area contributed by atoms with Crippen molar-refractivity contribution in [3.8, 4) is 17.3 Å². The number of rotatable bonds is 7. The second-order valence-corrected chi connectivity index (χ2v) is 8.83. The zero-order valence-corrected chi connectivity index (χ0v) is 20.6. The minimum Gasteiger partial charge on any atom is -0.496 e. The number of hydrogen-bond donors (Lipinski definition) is 2. The molecule has 0 spiro atoms. The van der Waals surface area contributed by atoms with E-state index < -0.39 is 11.7 Å². The highest BCUT2D eigenvalue weighted by Gasteiger charge is 2.27. The van der Waals surface area contributed by atoms with Crippen LogP contribution in [0.5, 0.6) is 5.75 Å². The van der Waals surface area contributed by atoms with Gasteiger partial charge in [-0.1, -0.05) is 6.07 Å². The van der Waals surface area contributed by atoms with Gasteiger partial charge in [-0.2, -0.15) is 0 Å². The number of anilines is 1. The van der Waals surface area contributed by atoms with Crippen LogP contribution in [0.2, 0.25) is 0 Å². The van der Waals surface area contributed by atoms with Gasteiger partial charge in [0.2, 0.25) is 5.82 Å². The SMILES string of the molecule is COc1cc2c(cc1C(=O)Nc1cccc(-c3nnnn3[C@H](C)CO)n1)CN(C(=O)c1ccc(F)cc1)C2. The minimum atomic E-state index is -0.444. The summed E-state index contributed by atoms with van der Waals surface area (Å²) in [7, 11) is 1.47. The number of carbonyl (C=O) groups is 2. The molecule has 0 bridgehead atoms. The molecule has 12 heteroatoms. The first-order valence-corrected chi connectivity index (χ1v) is 11.8. The van der Waals surface area contributed by atoms with Gasteiger partial charge in [0.25, 0.3) is 11.8 Å². The molecule has 0 saturated carbocycles. The molecule has 5 rings (SSSR count). The zero-order valence-electron chi connectivity index (χ0n) is 20.6. The van der Waals surface area contributed by atoms with Gasteiger partial charge in [0.15, 0.2) is 0 Å². The van der Waals surface area contributed by atoms with Crippen molar-refractivity contribution in [2.24, 2.45) is 0 Å². The number of amides is 2. The van der Waals surface area contributed by atoms with Crippen molar-refractivity contribution in [2.75, 3.05) is 19.0 Å². The maximum atomic E-state index is 13.3. The topological polar surface area (TPSA) is 135 Å². The van der Waals surface area contributed by atoms with Crippen LogP contribution in [0.4, 0.5) is 10.2 Å². The number of nitrogens with one attached hydrogen (secondary N) is 1. The fraction of sp³-hybridized carbons (Fsp3) is 0.231. The number of carbonyl (C=O) groups excluding carboxylic acids is 2. The van der Waals surface area contributed by atoms with Crippen LogP contribution in [0.1, 0.15) is 44.8 Å². The Bertz CT molecular complexity index is 1510. The highest BCUT2D eigenvalue weighted by molar-refractivity contribution is 6.06. The van der Waals surface area contributed by atoms with Gasteiger partial charge < -0.3 is 20.1 Å². The molecule has 0 unspecified atom stereocenters. The third-order valence-electron chi connectivity index (χ3n) is 6.26. The third kappa shape index (κ3) is 4.81. The fourth-order valence-electron chi connectivity index (χ4n) is 4.24. The zero-order chi connectivity index (χ0) is 26.8. The highest BCUT2D eigenvalue weighted by atomic mass is 19.1. The van der Waals surface area contributed by atoms with Gasteiger partial charge in [-0.15, -0.1) is 5.10 Å². The second kappa shape index (κ2) is 10.3. The van der Waals surface area contributed by atoms with Gasteiger partial charge in [0, 0.05) is 18.7 Å². The first-order chi connectivity index (χ1) is 18.4. The van der Waals surface area contributed by atoms with E-state index >= 15 is 0 Å². The van der Waals surface area contributed by atoms with E-state index in [-0.39, 0.29) is 29.9 Å². The standard InChI is InChI=1S/C26H24FN7O4/c1-15(14-35)34-24(30-31-32-34)21-4-3-5-23(28-21)29-25(36)20-10-17-12-33(13-18(17)11-22(20)38-2)26(37)16-6-8-19(27)9-7-16/h3-11,15,35H,12-14H2,1-2H3,(H,28,29,36)/t15-/m1/s1. The summed E-state index contributed by atoms with van der Waals surface area (Å²) < 4.78 is 20.2. The van der Waals surface area contributed by atoms with Gasteiger partial charge in [0.05, 0.1) is 25.3 Å². The molecule has 2 aromatic heterocycles. The summed E-state index contributed by atoms with van der Waals surface area (Å²) >= 11 is 0. The number of ether oxygens (including phenoxy) is 1. The van der Waals surface area contributed by atoms with Crippen LogP contribution >= 0.6 is 0 Å². The molecule has 0 radical (unpaired) electrons. The molecule has 2 amide bonds. The Balaban J connectivity index is 1.36.